The standard InChI is InChI=1S/C33H46O5/c1-3-5-6-7-14-20-28-22-30(37-32(35-28)25-16-10-8-11-17-25)24-31-23-29(21-27(34)15-4-2)36-33(38-31)26-18-12-9-13-19-26/h4,8-13,16-19,27-34H,2-3,5-7,14-15,20-24H2,1H3/t27-,28+,29-,30+,31-,32+,33-/m0/s1. The van der Waals surface area contributed by atoms with Crippen LogP contribution in [0, 0.1) is 0 Å². The molecular formula is C33H46O5. The number of benzene rings is 2. The maximum atomic E-state index is 10.5. The van der Waals surface area contributed by atoms with Gasteiger partial charge in [0.15, 0.2) is 12.6 Å². The summed E-state index contributed by atoms with van der Waals surface area (Å²) in [7, 11) is 0. The van der Waals surface area contributed by atoms with Gasteiger partial charge in [0.1, 0.15) is 0 Å². The van der Waals surface area contributed by atoms with Crippen molar-refractivity contribution >= 4 is 0 Å². The van der Waals surface area contributed by atoms with Gasteiger partial charge in [0, 0.05) is 36.8 Å². The van der Waals surface area contributed by atoms with E-state index in [9.17, 15) is 5.11 Å². The molecule has 0 saturated carbocycles. The molecule has 2 aromatic rings. The highest BCUT2D eigenvalue weighted by Crippen LogP contribution is 2.38. The van der Waals surface area contributed by atoms with E-state index in [1.807, 2.05) is 48.5 Å². The number of hydrogen-bond donors (Lipinski definition) is 1. The van der Waals surface area contributed by atoms with Gasteiger partial charge in [-0.2, -0.15) is 0 Å². The van der Waals surface area contributed by atoms with Crippen molar-refractivity contribution in [2.24, 2.45) is 0 Å². The first-order chi connectivity index (χ1) is 18.6. The molecule has 38 heavy (non-hydrogen) atoms. The first kappa shape index (κ1) is 29.0. The molecule has 0 aliphatic carbocycles. The lowest BCUT2D eigenvalue weighted by molar-refractivity contribution is -0.279. The van der Waals surface area contributed by atoms with Crippen molar-refractivity contribution in [3.05, 3.63) is 84.4 Å². The Kier molecular flexibility index (Phi) is 11.8. The van der Waals surface area contributed by atoms with Gasteiger partial charge in [-0.15, -0.1) is 6.58 Å². The zero-order chi connectivity index (χ0) is 26.6. The second-order valence-corrected chi connectivity index (χ2v) is 10.8. The maximum absolute atomic E-state index is 10.5. The summed E-state index contributed by atoms with van der Waals surface area (Å²) in [5, 5.41) is 10.5. The van der Waals surface area contributed by atoms with Gasteiger partial charge in [-0.1, -0.05) is 106 Å². The van der Waals surface area contributed by atoms with Crippen LogP contribution in [0.15, 0.2) is 73.3 Å². The van der Waals surface area contributed by atoms with Crippen LogP contribution >= 0.6 is 0 Å². The Bertz CT molecular complexity index is 919. The van der Waals surface area contributed by atoms with Crippen LogP contribution in [0.5, 0.6) is 0 Å². The maximum Gasteiger partial charge on any atom is 0.184 e. The van der Waals surface area contributed by atoms with E-state index in [4.69, 9.17) is 18.9 Å². The first-order valence-corrected chi connectivity index (χ1v) is 14.6. The lowest BCUT2D eigenvalue weighted by Gasteiger charge is -2.41. The molecule has 0 amide bonds. The largest absolute Gasteiger partial charge is 0.393 e. The van der Waals surface area contributed by atoms with E-state index < -0.39 is 12.4 Å². The average molecular weight is 523 g/mol. The van der Waals surface area contributed by atoms with E-state index in [1.165, 1.54) is 32.1 Å². The predicted octanol–water partition coefficient (Wildman–Crippen LogP) is 7.81. The summed E-state index contributed by atoms with van der Waals surface area (Å²) < 4.78 is 25.8. The molecule has 208 valence electrons. The van der Waals surface area contributed by atoms with Crippen LogP contribution < -0.4 is 0 Å². The van der Waals surface area contributed by atoms with Gasteiger partial charge in [-0.3, -0.25) is 0 Å². The number of unbranched alkanes of at least 4 members (excludes halogenated alkanes) is 4. The molecule has 5 heteroatoms. The number of aliphatic hydroxyl groups is 1. The van der Waals surface area contributed by atoms with Gasteiger partial charge in [0.25, 0.3) is 0 Å². The van der Waals surface area contributed by atoms with Crippen LogP contribution in [0.4, 0.5) is 0 Å². The van der Waals surface area contributed by atoms with Crippen LogP contribution in [0.1, 0.15) is 101 Å². The fourth-order valence-electron chi connectivity index (χ4n) is 5.61. The lowest BCUT2D eigenvalue weighted by Crippen LogP contribution is -2.40. The zero-order valence-electron chi connectivity index (χ0n) is 23.0. The van der Waals surface area contributed by atoms with Crippen molar-refractivity contribution in [3.63, 3.8) is 0 Å². The summed E-state index contributed by atoms with van der Waals surface area (Å²) in [6, 6.07) is 20.3. The van der Waals surface area contributed by atoms with Crippen molar-refractivity contribution in [2.75, 3.05) is 0 Å². The molecule has 4 rings (SSSR count). The van der Waals surface area contributed by atoms with Crippen molar-refractivity contribution < 1.29 is 24.1 Å². The molecule has 7 atom stereocenters. The third-order valence-electron chi connectivity index (χ3n) is 7.59. The number of ether oxygens (including phenoxy) is 4. The molecule has 0 spiro atoms. The van der Waals surface area contributed by atoms with Gasteiger partial charge in [0.05, 0.1) is 30.5 Å². The third kappa shape index (κ3) is 9.03. The first-order valence-electron chi connectivity index (χ1n) is 14.6. The summed E-state index contributed by atoms with van der Waals surface area (Å²) in [5.74, 6) is 0. The van der Waals surface area contributed by atoms with Crippen LogP contribution in [-0.2, 0) is 18.9 Å². The molecule has 2 aliphatic heterocycles. The van der Waals surface area contributed by atoms with E-state index in [0.29, 0.717) is 12.8 Å². The smallest absolute Gasteiger partial charge is 0.184 e. The Balaban J connectivity index is 1.43. The van der Waals surface area contributed by atoms with Gasteiger partial charge in [0.2, 0.25) is 0 Å². The van der Waals surface area contributed by atoms with Crippen molar-refractivity contribution in [1.29, 1.82) is 0 Å². The van der Waals surface area contributed by atoms with Gasteiger partial charge in [-0.05, 0) is 12.8 Å². The van der Waals surface area contributed by atoms with E-state index in [-0.39, 0.29) is 30.7 Å². The molecule has 2 saturated heterocycles. The zero-order valence-corrected chi connectivity index (χ0v) is 23.0. The molecule has 2 heterocycles. The summed E-state index contributed by atoms with van der Waals surface area (Å²) in [4.78, 5) is 0. The Labute approximate surface area is 229 Å². The quantitative estimate of drug-likeness (QED) is 0.203. The summed E-state index contributed by atoms with van der Waals surface area (Å²) in [6.07, 6.45) is 11.4. The summed E-state index contributed by atoms with van der Waals surface area (Å²) >= 11 is 0. The second-order valence-electron chi connectivity index (χ2n) is 10.8. The molecule has 1 N–H and O–H groups in total. The Morgan fingerprint density at radius 1 is 0.763 bits per heavy atom. The van der Waals surface area contributed by atoms with E-state index in [0.717, 1.165) is 36.8 Å². The fourth-order valence-corrected chi connectivity index (χ4v) is 5.61. The second kappa shape index (κ2) is 15.5. The fraction of sp³-hybridized carbons (Fsp3) is 0.576. The molecule has 2 fully saturated rings. The van der Waals surface area contributed by atoms with E-state index in [1.54, 1.807) is 6.08 Å². The summed E-state index contributed by atoms with van der Waals surface area (Å²) in [5.41, 5.74) is 2.06. The highest BCUT2D eigenvalue weighted by Gasteiger charge is 2.37. The lowest BCUT2D eigenvalue weighted by atomic mass is 9.94. The highest BCUT2D eigenvalue weighted by atomic mass is 16.7. The molecule has 2 aliphatic rings. The average Bonchev–Trinajstić information content (AvgIpc) is 2.94. The summed E-state index contributed by atoms with van der Waals surface area (Å²) in [6.45, 7) is 6.02. The Morgan fingerprint density at radius 2 is 1.29 bits per heavy atom. The Hall–Kier alpha value is -2.02. The monoisotopic (exact) mass is 522 g/mol. The van der Waals surface area contributed by atoms with Crippen LogP contribution in [0.25, 0.3) is 0 Å². The molecule has 0 aromatic heterocycles. The topological polar surface area (TPSA) is 57.2 Å². The van der Waals surface area contributed by atoms with E-state index in [2.05, 4.69) is 25.6 Å². The molecular weight excluding hydrogens is 476 g/mol. The van der Waals surface area contributed by atoms with Gasteiger partial charge >= 0.3 is 0 Å². The van der Waals surface area contributed by atoms with Crippen molar-refractivity contribution in [2.45, 2.75) is 121 Å². The predicted molar refractivity (Wildman–Crippen MR) is 151 cm³/mol. The molecule has 0 bridgehead atoms. The molecule has 0 unspecified atom stereocenters. The minimum absolute atomic E-state index is 0.0281. The highest BCUT2D eigenvalue weighted by molar-refractivity contribution is 5.17. The normalized spacial score (nSPS) is 28.6. The SMILES string of the molecule is C=CC[C@H](O)C[C@H]1C[C@@H](C[C@H]2C[C@@H](CCCCCCC)O[C@@H](c3ccccc3)O2)O[C@@H](c2ccccc2)O1. The van der Waals surface area contributed by atoms with Crippen molar-refractivity contribution in [3.8, 4) is 0 Å². The minimum Gasteiger partial charge on any atom is -0.393 e. The number of aliphatic hydroxyl groups excluding tert-OH is 1. The molecule has 0 radical (unpaired) electrons. The van der Waals surface area contributed by atoms with Gasteiger partial charge < -0.3 is 24.1 Å². The van der Waals surface area contributed by atoms with Crippen LogP contribution in [0.3, 0.4) is 0 Å². The minimum atomic E-state index is -0.466. The van der Waals surface area contributed by atoms with Crippen LogP contribution in [-0.4, -0.2) is 35.6 Å². The third-order valence-corrected chi connectivity index (χ3v) is 7.59. The number of hydrogen-bond acceptors (Lipinski definition) is 5. The van der Waals surface area contributed by atoms with Gasteiger partial charge in [-0.25, -0.2) is 0 Å². The molecule has 5 nitrogen and oxygen atoms in total. The Morgan fingerprint density at radius 3 is 1.87 bits per heavy atom. The number of rotatable bonds is 14. The van der Waals surface area contributed by atoms with E-state index >= 15 is 0 Å². The molecule has 2 aromatic carbocycles. The van der Waals surface area contributed by atoms with Crippen LogP contribution in [0.2, 0.25) is 0 Å². The van der Waals surface area contributed by atoms with Crippen molar-refractivity contribution in [1.82, 2.24) is 0 Å².